The minimum atomic E-state index is -0.962. The second kappa shape index (κ2) is 6.34. The molecule has 1 aromatic carbocycles. The molecule has 1 heterocycles. The highest BCUT2D eigenvalue weighted by molar-refractivity contribution is 7.13. The van der Waals surface area contributed by atoms with Gasteiger partial charge in [-0.2, -0.15) is 0 Å². The lowest BCUT2D eigenvalue weighted by Crippen LogP contribution is -2.15. The number of carbonyl (C=O) groups excluding carboxylic acids is 1. The normalized spacial score (nSPS) is 12.2. The van der Waals surface area contributed by atoms with Gasteiger partial charge in [0.15, 0.2) is 5.13 Å². The Morgan fingerprint density at radius 1 is 1.37 bits per heavy atom. The molecule has 2 rings (SSSR count). The summed E-state index contributed by atoms with van der Waals surface area (Å²) in [5, 5.41) is 15.7. The third kappa shape index (κ3) is 4.18. The first kappa shape index (κ1) is 14.3. The van der Waals surface area contributed by atoms with E-state index in [1.807, 2.05) is 0 Å². The van der Waals surface area contributed by atoms with Crippen LogP contribution in [0.3, 0.4) is 0 Å². The van der Waals surface area contributed by atoms with Crippen molar-refractivity contribution in [2.24, 2.45) is 0 Å². The Morgan fingerprint density at radius 3 is 2.63 bits per heavy atom. The average molecular weight is 317 g/mol. The summed E-state index contributed by atoms with van der Waals surface area (Å²) in [5.41, 5.74) is 0.506. The molecule has 2 aromatic rings. The summed E-state index contributed by atoms with van der Waals surface area (Å²) < 4.78 is 0. The number of rotatable bonds is 4. The maximum Gasteiger partial charge on any atom is 0.229 e. The van der Waals surface area contributed by atoms with Crippen molar-refractivity contribution in [2.75, 3.05) is 5.32 Å². The summed E-state index contributed by atoms with van der Waals surface area (Å²) in [7, 11) is 0. The highest BCUT2D eigenvalue weighted by Crippen LogP contribution is 2.25. The summed E-state index contributed by atoms with van der Waals surface area (Å²) in [4.78, 5) is 15.6. The zero-order valence-electron chi connectivity index (χ0n) is 9.64. The number of halogens is 2. The first-order chi connectivity index (χ1) is 9.04. The molecule has 7 heteroatoms. The number of carbonyl (C=O) groups is 1. The first-order valence-corrected chi connectivity index (χ1v) is 7.01. The van der Waals surface area contributed by atoms with Gasteiger partial charge in [-0.05, 0) is 23.8 Å². The number of nitrogens with one attached hydrogen (secondary N) is 1. The molecule has 0 spiro atoms. The maximum atomic E-state index is 11.7. The summed E-state index contributed by atoms with van der Waals surface area (Å²) in [6.45, 7) is 0. The number of nitrogens with zero attached hydrogens (tertiary/aromatic N) is 1. The number of hydrogen-bond donors (Lipinski definition) is 2. The van der Waals surface area contributed by atoms with Crippen LogP contribution in [0, 0.1) is 0 Å². The van der Waals surface area contributed by atoms with Crippen molar-refractivity contribution in [3.63, 3.8) is 0 Å². The number of aromatic nitrogens is 1. The van der Waals surface area contributed by atoms with E-state index in [1.54, 1.807) is 29.8 Å². The highest BCUT2D eigenvalue weighted by atomic mass is 35.5. The third-order valence-corrected chi connectivity index (χ3v) is 3.45. The molecule has 0 saturated carbocycles. The Hall–Kier alpha value is -1.14. The molecule has 0 radical (unpaired) electrons. The molecule has 0 fully saturated rings. The van der Waals surface area contributed by atoms with Crippen LogP contribution in [0.25, 0.3) is 0 Å². The smallest absolute Gasteiger partial charge is 0.229 e. The van der Waals surface area contributed by atoms with Gasteiger partial charge in [0, 0.05) is 21.6 Å². The highest BCUT2D eigenvalue weighted by Gasteiger charge is 2.15. The molecule has 2 N–H and O–H groups in total. The number of thiazole rings is 1. The van der Waals surface area contributed by atoms with Crippen molar-refractivity contribution in [3.05, 3.63) is 45.4 Å². The monoisotopic (exact) mass is 316 g/mol. The van der Waals surface area contributed by atoms with Gasteiger partial charge in [0.05, 0.1) is 12.5 Å². The molecule has 0 bridgehead atoms. The van der Waals surface area contributed by atoms with E-state index in [0.717, 1.165) is 0 Å². The standard InChI is InChI=1S/C12H10Cl2N2O2S/c13-8-3-7(4-9(14)5-8)10(17)6-11(18)16-12-15-1-2-19-12/h1-5,10,17H,6H2,(H,15,16,18). The van der Waals surface area contributed by atoms with E-state index in [4.69, 9.17) is 23.2 Å². The van der Waals surface area contributed by atoms with Crippen LogP contribution in [0.5, 0.6) is 0 Å². The van der Waals surface area contributed by atoms with Crippen LogP contribution in [0.15, 0.2) is 29.8 Å². The van der Waals surface area contributed by atoms with E-state index in [1.165, 1.54) is 11.3 Å². The van der Waals surface area contributed by atoms with Crippen molar-refractivity contribution in [3.8, 4) is 0 Å². The topological polar surface area (TPSA) is 62.2 Å². The Morgan fingerprint density at radius 2 is 2.05 bits per heavy atom. The van der Waals surface area contributed by atoms with Gasteiger partial charge in [0.1, 0.15) is 0 Å². The lowest BCUT2D eigenvalue weighted by Gasteiger charge is -2.11. The Balaban J connectivity index is 2.00. The van der Waals surface area contributed by atoms with Gasteiger partial charge in [-0.25, -0.2) is 4.98 Å². The molecular formula is C12H10Cl2N2O2S. The summed E-state index contributed by atoms with van der Waals surface area (Å²) >= 11 is 13.0. The first-order valence-electron chi connectivity index (χ1n) is 5.38. The van der Waals surface area contributed by atoms with Crippen LogP contribution >= 0.6 is 34.5 Å². The summed E-state index contributed by atoms with van der Waals surface area (Å²) in [6.07, 6.45) is 0.542. The van der Waals surface area contributed by atoms with Gasteiger partial charge in [0.2, 0.25) is 5.91 Å². The molecule has 1 unspecified atom stereocenters. The van der Waals surface area contributed by atoms with Gasteiger partial charge in [0.25, 0.3) is 0 Å². The number of hydrogen-bond acceptors (Lipinski definition) is 4. The fraction of sp³-hybridized carbons (Fsp3) is 0.167. The molecule has 1 atom stereocenters. The van der Waals surface area contributed by atoms with Gasteiger partial charge in [-0.1, -0.05) is 23.2 Å². The second-order valence-electron chi connectivity index (χ2n) is 3.81. The molecule has 4 nitrogen and oxygen atoms in total. The van der Waals surface area contributed by atoms with Gasteiger partial charge in [-0.15, -0.1) is 11.3 Å². The minimum Gasteiger partial charge on any atom is -0.388 e. The van der Waals surface area contributed by atoms with Crippen molar-refractivity contribution in [1.29, 1.82) is 0 Å². The predicted molar refractivity (Wildman–Crippen MR) is 76.8 cm³/mol. The summed E-state index contributed by atoms with van der Waals surface area (Å²) in [6, 6.07) is 4.72. The Bertz CT molecular complexity index is 555. The summed E-state index contributed by atoms with van der Waals surface area (Å²) in [5.74, 6) is -0.321. The van der Waals surface area contributed by atoms with Crippen molar-refractivity contribution >= 4 is 45.6 Å². The lowest BCUT2D eigenvalue weighted by molar-refractivity contribution is -0.118. The zero-order valence-corrected chi connectivity index (χ0v) is 12.0. The number of amides is 1. The van der Waals surface area contributed by atoms with Crippen molar-refractivity contribution < 1.29 is 9.90 Å². The lowest BCUT2D eigenvalue weighted by atomic mass is 10.1. The molecule has 0 aliphatic carbocycles. The predicted octanol–water partition coefficient (Wildman–Crippen LogP) is 3.51. The quantitative estimate of drug-likeness (QED) is 0.907. The molecule has 1 amide bonds. The van der Waals surface area contributed by atoms with E-state index in [9.17, 15) is 9.90 Å². The Kier molecular flexibility index (Phi) is 4.76. The van der Waals surface area contributed by atoms with E-state index in [2.05, 4.69) is 10.3 Å². The number of aliphatic hydroxyl groups is 1. The van der Waals surface area contributed by atoms with Gasteiger partial charge in [-0.3, -0.25) is 4.79 Å². The molecular weight excluding hydrogens is 307 g/mol. The van der Waals surface area contributed by atoms with Crippen LogP contribution in [-0.2, 0) is 4.79 Å². The number of anilines is 1. The largest absolute Gasteiger partial charge is 0.388 e. The zero-order chi connectivity index (χ0) is 13.8. The molecule has 0 saturated heterocycles. The number of aliphatic hydroxyl groups excluding tert-OH is 1. The van der Waals surface area contributed by atoms with Crippen molar-refractivity contribution in [2.45, 2.75) is 12.5 Å². The van der Waals surface area contributed by atoms with Crippen LogP contribution in [0.1, 0.15) is 18.1 Å². The maximum absolute atomic E-state index is 11.7. The van der Waals surface area contributed by atoms with Gasteiger partial charge >= 0.3 is 0 Å². The van der Waals surface area contributed by atoms with Gasteiger partial charge < -0.3 is 10.4 Å². The molecule has 100 valence electrons. The molecule has 0 aliphatic heterocycles. The second-order valence-corrected chi connectivity index (χ2v) is 5.58. The molecule has 1 aromatic heterocycles. The third-order valence-electron chi connectivity index (χ3n) is 2.33. The minimum absolute atomic E-state index is 0.0871. The van der Waals surface area contributed by atoms with E-state index in [-0.39, 0.29) is 12.3 Å². The van der Waals surface area contributed by atoms with E-state index in [0.29, 0.717) is 20.7 Å². The number of benzene rings is 1. The molecule has 19 heavy (non-hydrogen) atoms. The fourth-order valence-electron chi connectivity index (χ4n) is 1.52. The SMILES string of the molecule is O=C(CC(O)c1cc(Cl)cc(Cl)c1)Nc1nccs1. The van der Waals surface area contributed by atoms with Crippen LogP contribution in [-0.4, -0.2) is 16.0 Å². The average Bonchev–Trinajstić information content (AvgIpc) is 2.80. The van der Waals surface area contributed by atoms with Crippen LogP contribution in [0.2, 0.25) is 10.0 Å². The Labute approximate surface area is 124 Å². The van der Waals surface area contributed by atoms with Crippen molar-refractivity contribution in [1.82, 2.24) is 4.98 Å². The van der Waals surface area contributed by atoms with Crippen LogP contribution < -0.4 is 5.32 Å². The van der Waals surface area contributed by atoms with Crippen LogP contribution in [0.4, 0.5) is 5.13 Å². The van der Waals surface area contributed by atoms with E-state index < -0.39 is 6.10 Å². The molecule has 0 aliphatic rings. The fourth-order valence-corrected chi connectivity index (χ4v) is 2.60. The van der Waals surface area contributed by atoms with E-state index >= 15 is 0 Å².